The van der Waals surface area contributed by atoms with Gasteiger partial charge in [0, 0.05) is 23.1 Å². The van der Waals surface area contributed by atoms with Gasteiger partial charge in [0.1, 0.15) is 0 Å². The minimum Gasteiger partial charge on any atom is -0.287 e. The quantitative estimate of drug-likeness (QED) is 0.218. The Morgan fingerprint density at radius 2 is 1.57 bits per heavy atom. The van der Waals surface area contributed by atoms with Crippen molar-refractivity contribution in [1.29, 1.82) is 0 Å². The van der Waals surface area contributed by atoms with Crippen molar-refractivity contribution in [1.82, 2.24) is 4.98 Å². The molecule has 1 aromatic heterocycles. The number of hydrogen-bond donors (Lipinski definition) is 1. The number of nitro groups is 1. The highest BCUT2D eigenvalue weighted by molar-refractivity contribution is 6.51. The predicted molar refractivity (Wildman–Crippen MR) is 116 cm³/mol. The molecule has 30 heavy (non-hydrogen) atoms. The van der Waals surface area contributed by atoms with E-state index in [0.29, 0.717) is 16.9 Å². The lowest BCUT2D eigenvalue weighted by Crippen LogP contribution is -2.19. The van der Waals surface area contributed by atoms with Gasteiger partial charge in [-0.15, -0.1) is 0 Å². The average Bonchev–Trinajstić information content (AvgIpc) is 2.80. The predicted octanol–water partition coefficient (Wildman–Crippen LogP) is 4.84. The topological polar surface area (TPSA) is 97.5 Å². The van der Waals surface area contributed by atoms with Gasteiger partial charge in [0.05, 0.1) is 21.8 Å². The van der Waals surface area contributed by atoms with Crippen molar-refractivity contribution < 1.29 is 9.72 Å². The molecule has 1 N–H and O–H groups in total. The Hall–Kier alpha value is -4.39. The fraction of sp³-hybridized carbons (Fsp3) is 0. The summed E-state index contributed by atoms with van der Waals surface area (Å²) in [5.41, 5.74) is 5.10. The molecular weight excluding hydrogens is 380 g/mol. The van der Waals surface area contributed by atoms with Crippen molar-refractivity contribution >= 4 is 33.8 Å². The Morgan fingerprint density at radius 3 is 2.30 bits per heavy atom. The Morgan fingerprint density at radius 1 is 0.867 bits per heavy atom. The van der Waals surface area contributed by atoms with Gasteiger partial charge in [0.2, 0.25) is 5.78 Å². The number of nitrogens with one attached hydrogen (secondary N) is 1. The number of aromatic nitrogens is 1. The smallest absolute Gasteiger partial charge is 0.269 e. The number of nitro benzene ring substituents is 1. The number of anilines is 1. The highest BCUT2D eigenvalue weighted by atomic mass is 16.6. The minimum absolute atomic E-state index is 0.0266. The molecule has 0 unspecified atom stereocenters. The van der Waals surface area contributed by atoms with Gasteiger partial charge >= 0.3 is 0 Å². The molecule has 7 heteroatoms. The number of non-ortho nitro benzene ring substituents is 1. The molecule has 0 aliphatic rings. The minimum atomic E-state index is -0.476. The van der Waals surface area contributed by atoms with E-state index in [1.54, 1.807) is 30.3 Å². The Balaban J connectivity index is 1.73. The summed E-state index contributed by atoms with van der Waals surface area (Å²) in [6.07, 6.45) is 0. The third-order valence-corrected chi connectivity index (χ3v) is 4.47. The standard InChI is InChI=1S/C23H16N4O3/c28-23(17-7-2-1-3-8-17)22(21-15-10-16-6-4-5-9-20(16)24-21)26-25-18-11-13-19(14-12-18)27(29)30/h1-15,25H/b26-22+. The number of ketones is 1. The van der Waals surface area contributed by atoms with E-state index >= 15 is 0 Å². The zero-order valence-electron chi connectivity index (χ0n) is 15.7. The maximum absolute atomic E-state index is 13.1. The summed E-state index contributed by atoms with van der Waals surface area (Å²) in [5.74, 6) is -0.284. The molecule has 3 aromatic carbocycles. The van der Waals surface area contributed by atoms with Crippen molar-refractivity contribution in [3.05, 3.63) is 112 Å². The van der Waals surface area contributed by atoms with Crippen LogP contribution in [-0.4, -0.2) is 21.4 Å². The van der Waals surface area contributed by atoms with Crippen LogP contribution in [0.2, 0.25) is 0 Å². The normalized spacial score (nSPS) is 11.3. The number of hydrazone groups is 1. The summed E-state index contributed by atoms with van der Waals surface area (Å²) in [4.78, 5) is 28.1. The van der Waals surface area contributed by atoms with Crippen LogP contribution in [0.5, 0.6) is 0 Å². The maximum atomic E-state index is 13.1. The molecule has 4 rings (SSSR count). The van der Waals surface area contributed by atoms with E-state index in [2.05, 4.69) is 15.5 Å². The summed E-state index contributed by atoms with van der Waals surface area (Å²) in [6.45, 7) is 0. The van der Waals surface area contributed by atoms with Gasteiger partial charge in [-0.05, 0) is 24.3 Å². The third-order valence-electron chi connectivity index (χ3n) is 4.47. The molecule has 7 nitrogen and oxygen atoms in total. The Bertz CT molecular complexity index is 1250. The third kappa shape index (κ3) is 4.05. The fourth-order valence-electron chi connectivity index (χ4n) is 2.93. The number of Topliss-reactive ketones (excluding diaryl/α,β-unsaturated/α-hetero) is 1. The van der Waals surface area contributed by atoms with E-state index in [9.17, 15) is 14.9 Å². The molecule has 0 atom stereocenters. The van der Waals surface area contributed by atoms with Gasteiger partial charge in [-0.2, -0.15) is 5.10 Å². The van der Waals surface area contributed by atoms with Crippen LogP contribution >= 0.6 is 0 Å². The molecule has 146 valence electrons. The van der Waals surface area contributed by atoms with Crippen LogP contribution in [0.25, 0.3) is 10.9 Å². The van der Waals surface area contributed by atoms with Gasteiger partial charge in [0.15, 0.2) is 5.71 Å². The van der Waals surface area contributed by atoms with Crippen molar-refractivity contribution in [2.45, 2.75) is 0 Å². The molecule has 0 spiro atoms. The molecule has 0 aliphatic carbocycles. The van der Waals surface area contributed by atoms with Gasteiger partial charge < -0.3 is 0 Å². The Labute approximate surface area is 171 Å². The summed E-state index contributed by atoms with van der Waals surface area (Å²) in [6, 6.07) is 25.8. The van der Waals surface area contributed by atoms with Crippen molar-refractivity contribution in [3.63, 3.8) is 0 Å². The number of pyridine rings is 1. The maximum Gasteiger partial charge on any atom is 0.269 e. The van der Waals surface area contributed by atoms with E-state index in [0.717, 1.165) is 10.9 Å². The monoisotopic (exact) mass is 396 g/mol. The highest BCUT2D eigenvalue weighted by Crippen LogP contribution is 2.17. The lowest BCUT2D eigenvalue weighted by atomic mass is 10.0. The summed E-state index contributed by atoms with van der Waals surface area (Å²) < 4.78 is 0. The number of benzene rings is 3. The molecule has 0 bridgehead atoms. The fourth-order valence-corrected chi connectivity index (χ4v) is 2.93. The molecule has 0 saturated carbocycles. The van der Waals surface area contributed by atoms with Crippen LogP contribution in [0.1, 0.15) is 16.1 Å². The first-order chi connectivity index (χ1) is 14.6. The first-order valence-electron chi connectivity index (χ1n) is 9.16. The van der Waals surface area contributed by atoms with E-state index < -0.39 is 4.92 Å². The summed E-state index contributed by atoms with van der Waals surface area (Å²) in [5, 5.41) is 16.1. The van der Waals surface area contributed by atoms with Crippen molar-refractivity contribution in [2.75, 3.05) is 5.43 Å². The second-order valence-electron chi connectivity index (χ2n) is 6.46. The van der Waals surface area contributed by atoms with Crippen LogP contribution in [0.3, 0.4) is 0 Å². The van der Waals surface area contributed by atoms with Gasteiger partial charge in [0.25, 0.3) is 5.69 Å². The number of fused-ring (bicyclic) bond motifs is 1. The number of para-hydroxylation sites is 1. The second kappa shape index (κ2) is 8.32. The van der Waals surface area contributed by atoms with Crippen molar-refractivity contribution in [2.24, 2.45) is 5.10 Å². The zero-order valence-corrected chi connectivity index (χ0v) is 15.7. The van der Waals surface area contributed by atoms with E-state index in [1.165, 1.54) is 24.3 Å². The molecule has 0 amide bonds. The first-order valence-corrected chi connectivity index (χ1v) is 9.16. The Kier molecular flexibility index (Phi) is 5.25. The van der Waals surface area contributed by atoms with Gasteiger partial charge in [-0.25, -0.2) is 4.98 Å². The van der Waals surface area contributed by atoms with Crippen molar-refractivity contribution in [3.8, 4) is 0 Å². The number of hydrogen-bond acceptors (Lipinski definition) is 6. The van der Waals surface area contributed by atoms with Crippen LogP contribution in [0, 0.1) is 10.1 Å². The number of nitrogens with zero attached hydrogens (tertiary/aromatic N) is 3. The van der Waals surface area contributed by atoms with E-state index in [4.69, 9.17) is 0 Å². The van der Waals surface area contributed by atoms with Gasteiger partial charge in [-0.1, -0.05) is 54.6 Å². The summed E-state index contributed by atoms with van der Waals surface area (Å²) >= 11 is 0. The molecule has 0 fully saturated rings. The molecule has 1 heterocycles. The lowest BCUT2D eigenvalue weighted by molar-refractivity contribution is -0.384. The number of carbonyl (C=O) groups is 1. The highest BCUT2D eigenvalue weighted by Gasteiger charge is 2.18. The summed E-state index contributed by atoms with van der Waals surface area (Å²) in [7, 11) is 0. The van der Waals surface area contributed by atoms with Crippen LogP contribution in [0.15, 0.2) is 96.1 Å². The molecular formula is C23H16N4O3. The van der Waals surface area contributed by atoms with E-state index in [-0.39, 0.29) is 17.2 Å². The number of carbonyl (C=O) groups excluding carboxylic acids is 1. The number of rotatable bonds is 6. The molecule has 0 aliphatic heterocycles. The molecule has 4 aromatic rings. The van der Waals surface area contributed by atoms with E-state index in [1.807, 2.05) is 36.4 Å². The molecule has 0 saturated heterocycles. The van der Waals surface area contributed by atoms with Crippen LogP contribution < -0.4 is 5.43 Å². The second-order valence-corrected chi connectivity index (χ2v) is 6.46. The SMILES string of the molecule is O=C(/C(=N/Nc1ccc([N+](=O)[O-])cc1)c1ccc2ccccc2n1)c1ccccc1. The van der Waals surface area contributed by atoms with Crippen LogP contribution in [-0.2, 0) is 0 Å². The lowest BCUT2D eigenvalue weighted by Gasteiger charge is -2.08. The zero-order chi connectivity index (χ0) is 20.9. The largest absolute Gasteiger partial charge is 0.287 e. The first kappa shape index (κ1) is 18.9. The molecule has 0 radical (unpaired) electrons. The average molecular weight is 396 g/mol. The van der Waals surface area contributed by atoms with Gasteiger partial charge in [-0.3, -0.25) is 20.3 Å². The van der Waals surface area contributed by atoms with Crippen LogP contribution in [0.4, 0.5) is 11.4 Å².